The number of nitrogens with zero attached hydrogens (tertiary/aromatic N) is 2. The molecule has 6 rings (SSSR count). The Balaban J connectivity index is 1.50. The number of carbonyl (C=O) groups excluding carboxylic acids is 3. The SMILES string of the molecule is CCC(=O)O[C@H]1CC[C@@]2(C)C(C[C@H](OC(=O)c3ccc(C#N)cc3)[C@@]3(C)Oc4cc(-c5cccnc5)oc(=O)c4[C@H](O)C23)[C@]1(C)COC(C)=O. The molecule has 50 heavy (non-hydrogen) atoms. The Morgan fingerprint density at radius 2 is 1.84 bits per heavy atom. The molecule has 2 aliphatic carbocycles. The van der Waals surface area contributed by atoms with Gasteiger partial charge in [0, 0.05) is 48.7 Å². The van der Waals surface area contributed by atoms with Crippen LogP contribution in [0, 0.1) is 34.0 Å². The third-order valence-electron chi connectivity index (χ3n) is 11.2. The molecular formula is C38H40N2O10. The van der Waals surface area contributed by atoms with Gasteiger partial charge in [-0.05, 0) is 73.9 Å². The van der Waals surface area contributed by atoms with E-state index in [1.165, 1.54) is 43.5 Å². The minimum atomic E-state index is -1.42. The molecule has 262 valence electrons. The van der Waals surface area contributed by atoms with E-state index in [0.29, 0.717) is 24.0 Å². The maximum absolute atomic E-state index is 13.8. The summed E-state index contributed by atoms with van der Waals surface area (Å²) in [6.07, 6.45) is 1.19. The predicted molar refractivity (Wildman–Crippen MR) is 176 cm³/mol. The molecule has 0 radical (unpaired) electrons. The number of aliphatic hydroxyl groups is 1. The zero-order valence-corrected chi connectivity index (χ0v) is 28.6. The minimum Gasteiger partial charge on any atom is -0.482 e. The van der Waals surface area contributed by atoms with Crippen molar-refractivity contribution >= 4 is 17.9 Å². The Kier molecular flexibility index (Phi) is 9.07. The van der Waals surface area contributed by atoms with Gasteiger partial charge in [0.05, 0.1) is 23.3 Å². The van der Waals surface area contributed by atoms with E-state index in [1.54, 1.807) is 32.2 Å². The smallest absolute Gasteiger partial charge is 0.345 e. The zero-order valence-electron chi connectivity index (χ0n) is 28.6. The fourth-order valence-corrected chi connectivity index (χ4v) is 8.76. The fraction of sp³-hybridized carbons (Fsp3) is 0.474. The van der Waals surface area contributed by atoms with Gasteiger partial charge in [-0.1, -0.05) is 20.8 Å². The molecule has 0 amide bonds. The van der Waals surface area contributed by atoms with Crippen LogP contribution in [-0.4, -0.2) is 52.4 Å². The lowest BCUT2D eigenvalue weighted by Crippen LogP contribution is -2.71. The maximum atomic E-state index is 13.8. The molecule has 0 bridgehead atoms. The van der Waals surface area contributed by atoms with Crippen LogP contribution in [0.15, 0.2) is 64.1 Å². The number of nitriles is 1. The summed E-state index contributed by atoms with van der Waals surface area (Å²) >= 11 is 0. The highest BCUT2D eigenvalue weighted by atomic mass is 16.6. The van der Waals surface area contributed by atoms with Gasteiger partial charge in [0.1, 0.15) is 41.5 Å². The average Bonchev–Trinajstić information content (AvgIpc) is 3.09. The van der Waals surface area contributed by atoms with Gasteiger partial charge in [-0.25, -0.2) is 9.59 Å². The number of carbonyl (C=O) groups is 3. The molecule has 2 fully saturated rings. The zero-order chi connectivity index (χ0) is 36.0. The van der Waals surface area contributed by atoms with Gasteiger partial charge in [-0.15, -0.1) is 0 Å². The Bertz CT molecular complexity index is 1900. The Hall–Kier alpha value is -5.02. The third-order valence-corrected chi connectivity index (χ3v) is 11.2. The van der Waals surface area contributed by atoms with Crippen LogP contribution in [0.5, 0.6) is 5.75 Å². The van der Waals surface area contributed by atoms with Gasteiger partial charge in [-0.3, -0.25) is 14.6 Å². The second-order valence-electron chi connectivity index (χ2n) is 14.2. The lowest BCUT2D eigenvalue weighted by atomic mass is 9.42. The second-order valence-corrected chi connectivity index (χ2v) is 14.2. The first kappa shape index (κ1) is 34.8. The monoisotopic (exact) mass is 684 g/mol. The first-order chi connectivity index (χ1) is 23.7. The van der Waals surface area contributed by atoms with E-state index in [1.807, 2.05) is 19.9 Å². The van der Waals surface area contributed by atoms with Crippen molar-refractivity contribution in [1.82, 2.24) is 4.98 Å². The molecule has 1 N–H and O–H groups in total. The largest absolute Gasteiger partial charge is 0.482 e. The van der Waals surface area contributed by atoms with E-state index in [4.69, 9.17) is 23.4 Å². The number of esters is 3. The highest BCUT2D eigenvalue weighted by molar-refractivity contribution is 5.89. The van der Waals surface area contributed by atoms with Crippen LogP contribution >= 0.6 is 0 Å². The summed E-state index contributed by atoms with van der Waals surface area (Å²) in [6, 6.07) is 13.0. The molecule has 12 heteroatoms. The van der Waals surface area contributed by atoms with Crippen LogP contribution in [0.1, 0.15) is 87.9 Å². The number of benzene rings is 1. The number of aromatic nitrogens is 1. The minimum absolute atomic E-state index is 0.0552. The van der Waals surface area contributed by atoms with Crippen molar-refractivity contribution in [3.63, 3.8) is 0 Å². The van der Waals surface area contributed by atoms with Crippen LogP contribution in [0.2, 0.25) is 0 Å². The van der Waals surface area contributed by atoms with E-state index >= 15 is 0 Å². The summed E-state index contributed by atoms with van der Waals surface area (Å²) in [5, 5.41) is 21.6. The fourth-order valence-electron chi connectivity index (χ4n) is 8.76. The molecule has 12 nitrogen and oxygen atoms in total. The topological polar surface area (TPSA) is 175 Å². The lowest BCUT2D eigenvalue weighted by Gasteiger charge is -2.66. The van der Waals surface area contributed by atoms with Crippen molar-refractivity contribution in [3.8, 4) is 23.1 Å². The average molecular weight is 685 g/mol. The van der Waals surface area contributed by atoms with Gasteiger partial charge >= 0.3 is 23.5 Å². The van der Waals surface area contributed by atoms with E-state index in [9.17, 15) is 29.5 Å². The Morgan fingerprint density at radius 1 is 1.10 bits per heavy atom. The summed E-state index contributed by atoms with van der Waals surface area (Å²) in [7, 11) is 0. The summed E-state index contributed by atoms with van der Waals surface area (Å²) in [5.74, 6) is -2.63. The number of rotatable bonds is 7. The van der Waals surface area contributed by atoms with Crippen molar-refractivity contribution in [2.75, 3.05) is 6.61 Å². The van der Waals surface area contributed by atoms with Crippen molar-refractivity contribution in [2.24, 2.45) is 22.7 Å². The van der Waals surface area contributed by atoms with Crippen LogP contribution < -0.4 is 10.4 Å². The molecule has 0 saturated heterocycles. The molecule has 2 unspecified atom stereocenters. The van der Waals surface area contributed by atoms with Gasteiger partial charge in [-0.2, -0.15) is 5.26 Å². The molecule has 3 aromatic rings. The van der Waals surface area contributed by atoms with Crippen molar-refractivity contribution in [2.45, 2.75) is 84.2 Å². The normalized spacial score (nSPS) is 31.0. The summed E-state index contributed by atoms with van der Waals surface area (Å²) in [5.41, 5.74) is -2.92. The number of ether oxygens (including phenoxy) is 4. The molecule has 8 atom stereocenters. The first-order valence-corrected chi connectivity index (χ1v) is 16.7. The number of fused-ring (bicyclic) bond motifs is 4. The van der Waals surface area contributed by atoms with Crippen molar-refractivity contribution in [1.29, 1.82) is 5.26 Å². The Labute approximate surface area is 289 Å². The molecule has 1 aromatic carbocycles. The molecule has 2 aromatic heterocycles. The summed E-state index contributed by atoms with van der Waals surface area (Å²) in [6.45, 7) is 8.54. The standard InChI is InChI=1S/C38H40N2O10/c1-6-30(42)48-28-13-14-36(3)27(37(28,4)20-46-21(2)41)17-29(49-34(44)23-11-9-22(18-39)10-12-23)38(5)33(36)32(43)31-26(50-38)16-25(47-35(31)45)24-8-7-15-40-19-24/h7-12,15-16,19,27-29,32-33,43H,6,13-14,17,20H2,1-5H3/t27?,28-,29-,32-,33?,36-,37-,38+/m0/s1. The maximum Gasteiger partial charge on any atom is 0.345 e. The van der Waals surface area contributed by atoms with Gasteiger partial charge < -0.3 is 28.5 Å². The number of aliphatic hydroxyl groups excluding tert-OH is 1. The highest BCUT2D eigenvalue weighted by Crippen LogP contribution is 2.67. The van der Waals surface area contributed by atoms with Crippen LogP contribution in [-0.2, 0) is 23.8 Å². The molecule has 2 saturated carbocycles. The second kappa shape index (κ2) is 13.0. The van der Waals surface area contributed by atoms with Gasteiger partial charge in [0.2, 0.25) is 0 Å². The summed E-state index contributed by atoms with van der Waals surface area (Å²) < 4.78 is 30.4. The highest BCUT2D eigenvalue weighted by Gasteiger charge is 2.71. The van der Waals surface area contributed by atoms with Crippen molar-refractivity contribution in [3.05, 3.63) is 82.0 Å². The Morgan fingerprint density at radius 3 is 2.48 bits per heavy atom. The van der Waals surface area contributed by atoms with Crippen molar-refractivity contribution < 1.29 is 42.9 Å². The van der Waals surface area contributed by atoms with E-state index < -0.39 is 70.1 Å². The van der Waals surface area contributed by atoms with Crippen LogP contribution in [0.4, 0.5) is 0 Å². The van der Waals surface area contributed by atoms with Gasteiger partial charge in [0.25, 0.3) is 0 Å². The number of pyridine rings is 1. The third kappa shape index (κ3) is 5.83. The molecule has 1 aliphatic heterocycles. The molecule has 0 spiro atoms. The predicted octanol–water partition coefficient (Wildman–Crippen LogP) is 5.31. The van der Waals surface area contributed by atoms with E-state index in [2.05, 4.69) is 4.98 Å². The lowest BCUT2D eigenvalue weighted by molar-refractivity contribution is -0.267. The van der Waals surface area contributed by atoms with Gasteiger partial charge in [0.15, 0.2) is 0 Å². The summed E-state index contributed by atoms with van der Waals surface area (Å²) in [4.78, 5) is 56.4. The molecular weight excluding hydrogens is 644 g/mol. The van der Waals surface area contributed by atoms with Crippen LogP contribution in [0.25, 0.3) is 11.3 Å². The van der Waals surface area contributed by atoms with Crippen LogP contribution in [0.3, 0.4) is 0 Å². The number of hydrogen-bond acceptors (Lipinski definition) is 12. The molecule has 3 aliphatic rings. The van der Waals surface area contributed by atoms with E-state index in [0.717, 1.165) is 0 Å². The number of hydrogen-bond donors (Lipinski definition) is 1. The molecule has 3 heterocycles. The first-order valence-electron chi connectivity index (χ1n) is 16.7. The van der Waals surface area contributed by atoms with E-state index in [-0.39, 0.29) is 42.1 Å². The quantitative estimate of drug-likeness (QED) is 0.251.